The van der Waals surface area contributed by atoms with Crippen molar-refractivity contribution in [3.05, 3.63) is 42.9 Å². The summed E-state index contributed by atoms with van der Waals surface area (Å²) in [6, 6.07) is 7.63. The van der Waals surface area contributed by atoms with Crippen LogP contribution in [0.25, 0.3) is 21.9 Å². The van der Waals surface area contributed by atoms with E-state index in [0.29, 0.717) is 26.2 Å². The summed E-state index contributed by atoms with van der Waals surface area (Å²) in [5, 5.41) is 29.3. The van der Waals surface area contributed by atoms with E-state index in [4.69, 9.17) is 0 Å². The van der Waals surface area contributed by atoms with Gasteiger partial charge in [0.05, 0.1) is 6.20 Å². The van der Waals surface area contributed by atoms with Crippen molar-refractivity contribution in [2.75, 3.05) is 38.5 Å². The summed E-state index contributed by atoms with van der Waals surface area (Å²) in [6.07, 6.45) is 5.35. The fourth-order valence-corrected chi connectivity index (χ4v) is 3.42. The Kier molecular flexibility index (Phi) is 5.05. The average molecular weight is 396 g/mol. The standard InChI is InChI=1S/C20H24N6O3/c1-24-5-7-26(8-6-24)20(28,29)19(27)23-18-10-16-9-14(3-4-15(16)11-21-18)17-12-22-25(2)13-17/h3-4,9-13,28-29H,5-8H2,1-2H3,(H,21,23,27). The lowest BCUT2D eigenvalue weighted by molar-refractivity contribution is -0.251. The third kappa shape index (κ3) is 3.99. The number of pyridine rings is 1. The van der Waals surface area contributed by atoms with E-state index in [9.17, 15) is 15.0 Å². The number of fused-ring (bicyclic) bond motifs is 1. The molecule has 3 aromatic rings. The number of aryl methyl sites for hydroxylation is 1. The van der Waals surface area contributed by atoms with Crippen molar-refractivity contribution in [3.8, 4) is 11.1 Å². The zero-order chi connectivity index (χ0) is 20.6. The quantitative estimate of drug-likeness (QED) is 0.550. The fraction of sp³-hybridized carbons (Fsp3) is 0.350. The fourth-order valence-electron chi connectivity index (χ4n) is 3.42. The number of aliphatic hydroxyl groups is 2. The van der Waals surface area contributed by atoms with Gasteiger partial charge in [-0.3, -0.25) is 9.48 Å². The van der Waals surface area contributed by atoms with Gasteiger partial charge in [-0.15, -0.1) is 0 Å². The SMILES string of the molecule is CN1CCN(C(O)(O)C(=O)Nc2cc3cc(-c4cnn(C)c4)ccc3cn2)CC1. The van der Waals surface area contributed by atoms with Crippen LogP contribution in [0.4, 0.5) is 5.82 Å². The van der Waals surface area contributed by atoms with E-state index in [1.807, 2.05) is 38.5 Å². The Labute approximate surface area is 168 Å². The Hall–Kier alpha value is -2.85. The van der Waals surface area contributed by atoms with E-state index in [0.717, 1.165) is 21.9 Å². The number of carbonyl (C=O) groups is 1. The van der Waals surface area contributed by atoms with Gasteiger partial charge in [0.25, 0.3) is 0 Å². The number of hydrogen-bond donors (Lipinski definition) is 3. The van der Waals surface area contributed by atoms with Gasteiger partial charge in [0.2, 0.25) is 0 Å². The molecule has 0 saturated carbocycles. The first-order valence-corrected chi connectivity index (χ1v) is 9.41. The third-order valence-corrected chi connectivity index (χ3v) is 5.25. The van der Waals surface area contributed by atoms with E-state index in [-0.39, 0.29) is 5.82 Å². The summed E-state index contributed by atoms with van der Waals surface area (Å²) >= 11 is 0. The molecule has 2 aromatic heterocycles. The van der Waals surface area contributed by atoms with Gasteiger partial charge in [0.15, 0.2) is 0 Å². The van der Waals surface area contributed by atoms with Gasteiger partial charge < -0.3 is 20.4 Å². The molecular formula is C20H24N6O3. The molecule has 0 unspecified atom stereocenters. The zero-order valence-corrected chi connectivity index (χ0v) is 16.4. The monoisotopic (exact) mass is 396 g/mol. The number of anilines is 1. The highest BCUT2D eigenvalue weighted by Crippen LogP contribution is 2.25. The van der Waals surface area contributed by atoms with Crippen LogP contribution in [0.2, 0.25) is 0 Å². The summed E-state index contributed by atoms with van der Waals surface area (Å²) in [6.45, 7) is 2.08. The predicted octanol–water partition coefficient (Wildman–Crippen LogP) is 0.460. The van der Waals surface area contributed by atoms with Crippen LogP contribution in [0.15, 0.2) is 42.9 Å². The van der Waals surface area contributed by atoms with Crippen LogP contribution >= 0.6 is 0 Å². The molecule has 0 bridgehead atoms. The van der Waals surface area contributed by atoms with E-state index in [1.54, 1.807) is 23.1 Å². The lowest BCUT2D eigenvalue weighted by Gasteiger charge is -2.38. The molecule has 0 aliphatic carbocycles. The number of nitrogens with one attached hydrogen (secondary N) is 1. The van der Waals surface area contributed by atoms with Crippen LogP contribution in [0.3, 0.4) is 0 Å². The number of carbonyl (C=O) groups excluding carboxylic acids is 1. The molecule has 152 valence electrons. The van der Waals surface area contributed by atoms with E-state index >= 15 is 0 Å². The van der Waals surface area contributed by atoms with Crippen molar-refractivity contribution in [3.63, 3.8) is 0 Å². The first kappa shape index (κ1) is 19.5. The Morgan fingerprint density at radius 3 is 2.48 bits per heavy atom. The molecule has 3 N–H and O–H groups in total. The smallest absolute Gasteiger partial charge is 0.309 e. The second kappa shape index (κ2) is 7.53. The number of piperazine rings is 1. The average Bonchev–Trinajstić information content (AvgIpc) is 3.14. The summed E-state index contributed by atoms with van der Waals surface area (Å²) in [5.74, 6) is -3.25. The minimum absolute atomic E-state index is 0.257. The minimum Gasteiger partial charge on any atom is -0.346 e. The Morgan fingerprint density at radius 1 is 1.03 bits per heavy atom. The first-order chi connectivity index (χ1) is 13.8. The highest BCUT2D eigenvalue weighted by molar-refractivity contribution is 5.97. The van der Waals surface area contributed by atoms with Crippen LogP contribution in [0.5, 0.6) is 0 Å². The summed E-state index contributed by atoms with van der Waals surface area (Å²) < 4.78 is 1.73. The second-order valence-electron chi connectivity index (χ2n) is 7.41. The number of aromatic nitrogens is 3. The van der Waals surface area contributed by atoms with Crippen molar-refractivity contribution in [1.29, 1.82) is 0 Å². The highest BCUT2D eigenvalue weighted by Gasteiger charge is 2.41. The molecule has 0 atom stereocenters. The van der Waals surface area contributed by atoms with Crippen molar-refractivity contribution in [2.45, 2.75) is 5.91 Å². The topological polar surface area (TPSA) is 107 Å². The molecule has 9 heteroatoms. The maximum absolute atomic E-state index is 12.5. The van der Waals surface area contributed by atoms with E-state index in [2.05, 4.69) is 20.3 Å². The first-order valence-electron chi connectivity index (χ1n) is 9.41. The summed E-state index contributed by atoms with van der Waals surface area (Å²) in [4.78, 5) is 20.2. The van der Waals surface area contributed by atoms with Crippen LogP contribution < -0.4 is 5.32 Å². The number of benzene rings is 1. The number of likely N-dealkylation sites (N-methyl/N-ethyl adjacent to an activating group) is 1. The number of rotatable bonds is 4. The molecule has 3 heterocycles. The largest absolute Gasteiger partial charge is 0.346 e. The number of nitrogens with zero attached hydrogens (tertiary/aromatic N) is 5. The van der Waals surface area contributed by atoms with Crippen LogP contribution in [-0.2, 0) is 11.8 Å². The molecule has 1 saturated heterocycles. The van der Waals surface area contributed by atoms with Crippen molar-refractivity contribution < 1.29 is 15.0 Å². The molecular weight excluding hydrogens is 372 g/mol. The van der Waals surface area contributed by atoms with Crippen LogP contribution in [-0.4, -0.2) is 79.8 Å². The maximum Gasteiger partial charge on any atom is 0.309 e. The molecule has 1 amide bonds. The van der Waals surface area contributed by atoms with Gasteiger partial charge in [0.1, 0.15) is 5.82 Å². The Bertz CT molecular complexity index is 1040. The maximum atomic E-state index is 12.5. The molecule has 1 fully saturated rings. The lowest BCUT2D eigenvalue weighted by atomic mass is 10.1. The van der Waals surface area contributed by atoms with Gasteiger partial charge in [-0.25, -0.2) is 9.88 Å². The van der Waals surface area contributed by atoms with Crippen molar-refractivity contribution in [1.82, 2.24) is 24.6 Å². The molecule has 1 aromatic carbocycles. The van der Waals surface area contributed by atoms with Crippen LogP contribution in [0, 0.1) is 0 Å². The lowest BCUT2D eigenvalue weighted by Crippen LogP contribution is -2.62. The predicted molar refractivity (Wildman–Crippen MR) is 109 cm³/mol. The molecule has 4 rings (SSSR count). The number of hydrogen-bond acceptors (Lipinski definition) is 7. The van der Waals surface area contributed by atoms with E-state index < -0.39 is 11.8 Å². The van der Waals surface area contributed by atoms with Gasteiger partial charge in [-0.1, -0.05) is 12.1 Å². The third-order valence-electron chi connectivity index (χ3n) is 5.25. The summed E-state index contributed by atoms with van der Waals surface area (Å²) in [7, 11) is 3.81. The van der Waals surface area contributed by atoms with Gasteiger partial charge in [-0.2, -0.15) is 5.10 Å². The van der Waals surface area contributed by atoms with Crippen LogP contribution in [0.1, 0.15) is 0 Å². The van der Waals surface area contributed by atoms with Gasteiger partial charge in [-0.05, 0) is 30.1 Å². The zero-order valence-electron chi connectivity index (χ0n) is 16.4. The van der Waals surface area contributed by atoms with Gasteiger partial charge >= 0.3 is 11.8 Å². The molecule has 0 radical (unpaired) electrons. The molecule has 9 nitrogen and oxygen atoms in total. The Morgan fingerprint density at radius 2 is 1.79 bits per heavy atom. The van der Waals surface area contributed by atoms with Crippen molar-refractivity contribution >= 4 is 22.5 Å². The molecule has 0 spiro atoms. The van der Waals surface area contributed by atoms with Gasteiger partial charge in [0, 0.05) is 56.6 Å². The van der Waals surface area contributed by atoms with E-state index in [1.165, 1.54) is 4.90 Å². The highest BCUT2D eigenvalue weighted by atomic mass is 16.5. The minimum atomic E-state index is -2.59. The Balaban J connectivity index is 1.55. The molecule has 1 aliphatic rings. The molecule has 29 heavy (non-hydrogen) atoms. The van der Waals surface area contributed by atoms with Crippen molar-refractivity contribution in [2.24, 2.45) is 7.05 Å². The molecule has 1 aliphatic heterocycles. The second-order valence-corrected chi connectivity index (χ2v) is 7.41. The summed E-state index contributed by atoms with van der Waals surface area (Å²) in [5.41, 5.74) is 1.97. The number of amides is 1. The normalized spacial score (nSPS) is 16.3.